The zero-order valence-corrected chi connectivity index (χ0v) is 38.4. The van der Waals surface area contributed by atoms with E-state index in [-0.39, 0.29) is 16.6 Å². The molecule has 0 aromatic heterocycles. The highest BCUT2D eigenvalue weighted by atomic mass is 16.5. The first-order valence-corrected chi connectivity index (χ1v) is 23.4. The number of unbranched alkanes of at least 4 members (excludes halogenated alkanes) is 4. The number of fused-ring (bicyclic) bond motifs is 2. The van der Waals surface area contributed by atoms with E-state index in [1.165, 1.54) is 64.3 Å². The molecule has 3 aliphatic rings. The SMILES string of the molecule is CCCCC[N+]1=C(C=CC2=C(Oc3ccccc3)C(=CC=C3N(CCCCCC(=O)CCOCCOCC(C)C)c4ccccc4C3(C)C)CCC2)C(C)(C)c2ccccc21. The summed E-state index contributed by atoms with van der Waals surface area (Å²) in [4.78, 5) is 15.2. The van der Waals surface area contributed by atoms with Crippen molar-refractivity contribution in [3.63, 3.8) is 0 Å². The van der Waals surface area contributed by atoms with Gasteiger partial charge in [-0.1, -0.05) is 108 Å². The maximum atomic E-state index is 12.6. The molecule has 1 aliphatic carbocycles. The Morgan fingerprint density at radius 1 is 0.754 bits per heavy atom. The second-order valence-corrected chi connectivity index (χ2v) is 18.6. The summed E-state index contributed by atoms with van der Waals surface area (Å²) in [6.07, 6.45) is 20.1. The van der Waals surface area contributed by atoms with Gasteiger partial charge in [0.2, 0.25) is 5.69 Å². The smallest absolute Gasteiger partial charge is 0.209 e. The molecule has 0 saturated carbocycles. The molecule has 3 aromatic rings. The summed E-state index contributed by atoms with van der Waals surface area (Å²) >= 11 is 0. The van der Waals surface area contributed by atoms with Crippen LogP contribution in [0.25, 0.3) is 0 Å². The van der Waals surface area contributed by atoms with Gasteiger partial charge in [0.15, 0.2) is 5.71 Å². The van der Waals surface area contributed by atoms with Crippen molar-refractivity contribution in [2.24, 2.45) is 5.92 Å². The average Bonchev–Trinajstić information content (AvgIpc) is 3.60. The Balaban J connectivity index is 1.21. The van der Waals surface area contributed by atoms with Crippen LogP contribution in [0.1, 0.15) is 130 Å². The number of anilines is 1. The van der Waals surface area contributed by atoms with Gasteiger partial charge in [0.25, 0.3) is 0 Å². The second kappa shape index (κ2) is 22.0. The van der Waals surface area contributed by atoms with E-state index in [0.717, 1.165) is 69.7 Å². The molecule has 0 amide bonds. The first-order chi connectivity index (χ1) is 29.5. The Morgan fingerprint density at radius 3 is 2.28 bits per heavy atom. The molecule has 6 rings (SSSR count). The van der Waals surface area contributed by atoms with E-state index in [4.69, 9.17) is 14.2 Å². The van der Waals surface area contributed by atoms with Crippen LogP contribution in [0.2, 0.25) is 0 Å². The number of ether oxygens (including phenoxy) is 3. The van der Waals surface area contributed by atoms with Crippen LogP contribution in [-0.4, -0.2) is 55.6 Å². The van der Waals surface area contributed by atoms with Gasteiger partial charge in [-0.15, -0.1) is 0 Å². The van der Waals surface area contributed by atoms with Gasteiger partial charge in [-0.05, 0) is 105 Å². The van der Waals surface area contributed by atoms with Gasteiger partial charge >= 0.3 is 0 Å². The van der Waals surface area contributed by atoms with E-state index in [1.54, 1.807) is 0 Å². The lowest BCUT2D eigenvalue weighted by atomic mass is 9.81. The minimum Gasteiger partial charge on any atom is -0.457 e. The average molecular weight is 826 g/mol. The van der Waals surface area contributed by atoms with Crippen molar-refractivity contribution in [2.45, 2.75) is 130 Å². The molecule has 0 atom stereocenters. The van der Waals surface area contributed by atoms with Crippen molar-refractivity contribution in [2.75, 3.05) is 44.4 Å². The normalized spacial score (nSPS) is 18.3. The monoisotopic (exact) mass is 826 g/mol. The van der Waals surface area contributed by atoms with Crippen molar-refractivity contribution >= 4 is 22.9 Å². The minimum absolute atomic E-state index is 0.0995. The summed E-state index contributed by atoms with van der Waals surface area (Å²) in [5.41, 5.74) is 10.3. The lowest BCUT2D eigenvalue weighted by molar-refractivity contribution is -0.438. The van der Waals surface area contributed by atoms with Crippen LogP contribution in [0, 0.1) is 5.92 Å². The minimum atomic E-state index is -0.161. The fourth-order valence-corrected chi connectivity index (χ4v) is 9.22. The number of hydrogen-bond donors (Lipinski definition) is 0. The Hall–Kier alpha value is -4.52. The number of Topliss-reactive ketones (excluding diaryl/α,β-unsaturated/α-hetero) is 1. The first kappa shape index (κ1) is 46.0. The molecule has 326 valence electrons. The van der Waals surface area contributed by atoms with Gasteiger partial charge in [-0.3, -0.25) is 4.79 Å². The van der Waals surface area contributed by atoms with Gasteiger partial charge in [-0.2, -0.15) is 4.58 Å². The summed E-state index contributed by atoms with van der Waals surface area (Å²) in [5, 5.41) is 0. The third-order valence-corrected chi connectivity index (χ3v) is 12.6. The van der Waals surface area contributed by atoms with E-state index in [1.807, 2.05) is 6.07 Å². The molecule has 6 nitrogen and oxygen atoms in total. The number of benzene rings is 3. The predicted molar refractivity (Wildman–Crippen MR) is 253 cm³/mol. The molecule has 0 spiro atoms. The summed E-state index contributed by atoms with van der Waals surface area (Å²) in [6, 6.07) is 28.1. The zero-order valence-electron chi connectivity index (χ0n) is 38.4. The summed E-state index contributed by atoms with van der Waals surface area (Å²) in [5.74, 6) is 2.64. The van der Waals surface area contributed by atoms with Gasteiger partial charge < -0.3 is 19.1 Å². The Labute approximate surface area is 368 Å². The van der Waals surface area contributed by atoms with E-state index in [9.17, 15) is 4.79 Å². The predicted octanol–water partition coefficient (Wildman–Crippen LogP) is 13.1. The van der Waals surface area contributed by atoms with Crippen molar-refractivity contribution in [1.29, 1.82) is 0 Å². The molecular formula is C55H73N2O4+. The van der Waals surface area contributed by atoms with Crippen LogP contribution in [0.3, 0.4) is 0 Å². The lowest BCUT2D eigenvalue weighted by Crippen LogP contribution is -2.28. The number of hydrogen-bond acceptors (Lipinski definition) is 5. The molecule has 0 bridgehead atoms. The van der Waals surface area contributed by atoms with Crippen LogP contribution in [-0.2, 0) is 25.1 Å². The van der Waals surface area contributed by atoms with Gasteiger partial charge in [-0.25, -0.2) is 0 Å². The molecule has 2 aliphatic heterocycles. The molecule has 0 fully saturated rings. The molecule has 3 aromatic carbocycles. The highest BCUT2D eigenvalue weighted by molar-refractivity contribution is 6.03. The fraction of sp³-hybridized carbons (Fsp3) is 0.491. The fourth-order valence-electron chi connectivity index (χ4n) is 9.22. The lowest BCUT2D eigenvalue weighted by Gasteiger charge is -2.27. The van der Waals surface area contributed by atoms with Gasteiger partial charge in [0.1, 0.15) is 23.8 Å². The quantitative estimate of drug-likeness (QED) is 0.0704. The van der Waals surface area contributed by atoms with Crippen molar-refractivity contribution in [3.8, 4) is 5.75 Å². The van der Waals surface area contributed by atoms with Gasteiger partial charge in [0.05, 0.1) is 25.2 Å². The number of rotatable bonds is 23. The number of ketones is 1. The van der Waals surface area contributed by atoms with Crippen LogP contribution < -0.4 is 9.64 Å². The summed E-state index contributed by atoms with van der Waals surface area (Å²) < 4.78 is 20.7. The van der Waals surface area contributed by atoms with Crippen LogP contribution in [0.15, 0.2) is 126 Å². The standard InChI is InChI=1S/C55H73N2O4/c1-8-9-19-36-56-49-29-17-15-27-47(49)54(4,5)51(56)33-31-43-22-21-23-44(53(43)61-46-25-13-10-14-26-46)32-34-52-55(6,7)48-28-16-18-30-50(48)57(52)37-20-11-12-24-45(58)35-38-59-39-40-60-41-42(2)3/h10,13-18,25-34,42H,8-9,11-12,19-24,35-41H2,1-7H3/q+1. The van der Waals surface area contributed by atoms with Gasteiger partial charge in [0, 0.05) is 66.9 Å². The van der Waals surface area contributed by atoms with E-state index in [0.29, 0.717) is 38.6 Å². The van der Waals surface area contributed by atoms with Crippen molar-refractivity contribution in [1.82, 2.24) is 0 Å². The van der Waals surface area contributed by atoms with E-state index in [2.05, 4.69) is 155 Å². The first-order valence-electron chi connectivity index (χ1n) is 23.4. The maximum absolute atomic E-state index is 12.6. The molecule has 6 heteroatoms. The van der Waals surface area contributed by atoms with Crippen LogP contribution >= 0.6 is 0 Å². The summed E-state index contributed by atoms with van der Waals surface area (Å²) in [7, 11) is 0. The second-order valence-electron chi connectivity index (χ2n) is 18.6. The third kappa shape index (κ3) is 11.7. The number of nitrogens with zero attached hydrogens (tertiary/aromatic N) is 2. The highest BCUT2D eigenvalue weighted by Crippen LogP contribution is 2.48. The Bertz CT molecular complexity index is 2080. The molecule has 61 heavy (non-hydrogen) atoms. The number of allylic oxidation sites excluding steroid dienone is 7. The van der Waals surface area contributed by atoms with Crippen molar-refractivity contribution in [3.05, 3.63) is 137 Å². The molecule has 0 radical (unpaired) electrons. The topological polar surface area (TPSA) is 51.0 Å². The molecule has 2 heterocycles. The Morgan fingerprint density at radius 2 is 1.49 bits per heavy atom. The number of carbonyl (C=O) groups is 1. The highest BCUT2D eigenvalue weighted by Gasteiger charge is 2.44. The third-order valence-electron chi connectivity index (χ3n) is 12.6. The van der Waals surface area contributed by atoms with E-state index < -0.39 is 0 Å². The maximum Gasteiger partial charge on any atom is 0.209 e. The number of carbonyl (C=O) groups excluding carboxylic acids is 1. The summed E-state index contributed by atoms with van der Waals surface area (Å²) in [6.45, 7) is 20.3. The molecule has 0 saturated heterocycles. The molecule has 0 unspecified atom stereocenters. The molecular weight excluding hydrogens is 753 g/mol. The van der Waals surface area contributed by atoms with Crippen LogP contribution in [0.4, 0.5) is 11.4 Å². The van der Waals surface area contributed by atoms with Crippen molar-refractivity contribution < 1.29 is 23.6 Å². The zero-order chi connectivity index (χ0) is 43.2. The number of para-hydroxylation sites is 3. The van der Waals surface area contributed by atoms with Crippen LogP contribution in [0.5, 0.6) is 5.75 Å². The molecule has 0 N–H and O–H groups in total. The van der Waals surface area contributed by atoms with E-state index >= 15 is 0 Å². The Kier molecular flexibility index (Phi) is 16.6. The largest absolute Gasteiger partial charge is 0.457 e.